The minimum Gasteiger partial charge on any atom is -0.337 e. The van der Waals surface area contributed by atoms with Gasteiger partial charge in [0.2, 0.25) is 5.91 Å². The minimum atomic E-state index is 0.121. The highest BCUT2D eigenvalue weighted by Gasteiger charge is 2.30. The maximum Gasteiger partial charge on any atom is 0.244 e. The Balaban J connectivity index is 2.02. The third-order valence-electron chi connectivity index (χ3n) is 3.53. The molecule has 5 nitrogen and oxygen atoms in total. The average Bonchev–Trinajstić information content (AvgIpc) is 2.81. The van der Waals surface area contributed by atoms with Crippen LogP contribution in [0.2, 0.25) is 0 Å². The number of carbonyl (C=O) groups is 1. The Bertz CT molecular complexity index is 363. The smallest absolute Gasteiger partial charge is 0.244 e. The van der Waals surface area contributed by atoms with Gasteiger partial charge in [-0.3, -0.25) is 9.48 Å². The zero-order valence-electron chi connectivity index (χ0n) is 10.2. The van der Waals surface area contributed by atoms with Crippen LogP contribution in [0.4, 0.5) is 0 Å². The summed E-state index contributed by atoms with van der Waals surface area (Å²) >= 11 is 0. The van der Waals surface area contributed by atoms with Gasteiger partial charge in [0, 0.05) is 31.5 Å². The highest BCUT2D eigenvalue weighted by atomic mass is 16.2. The summed E-state index contributed by atoms with van der Waals surface area (Å²) < 4.78 is 1.66. The van der Waals surface area contributed by atoms with Crippen LogP contribution in [0.15, 0.2) is 18.5 Å². The summed E-state index contributed by atoms with van der Waals surface area (Å²) in [6.45, 7) is 3.86. The molecule has 0 aliphatic carbocycles. The van der Waals surface area contributed by atoms with Gasteiger partial charge in [-0.15, -0.1) is 0 Å². The molecule has 2 unspecified atom stereocenters. The first-order chi connectivity index (χ1) is 8.22. The van der Waals surface area contributed by atoms with Crippen molar-refractivity contribution in [3.05, 3.63) is 18.5 Å². The molecule has 0 aromatic carbocycles. The zero-order valence-corrected chi connectivity index (χ0v) is 10.2. The molecule has 17 heavy (non-hydrogen) atoms. The molecule has 2 rings (SSSR count). The molecule has 1 fully saturated rings. The van der Waals surface area contributed by atoms with E-state index in [1.165, 1.54) is 0 Å². The monoisotopic (exact) mass is 236 g/mol. The number of amides is 1. The minimum absolute atomic E-state index is 0.121. The molecule has 0 saturated carbocycles. The lowest BCUT2D eigenvalue weighted by Crippen LogP contribution is -2.52. The molecule has 1 amide bonds. The van der Waals surface area contributed by atoms with E-state index in [-0.39, 0.29) is 11.9 Å². The van der Waals surface area contributed by atoms with Crippen LogP contribution in [0.5, 0.6) is 0 Å². The van der Waals surface area contributed by atoms with Gasteiger partial charge in [0.05, 0.1) is 0 Å². The van der Waals surface area contributed by atoms with Crippen LogP contribution in [0.25, 0.3) is 0 Å². The normalized spacial score (nSPS) is 24.9. The van der Waals surface area contributed by atoms with E-state index < -0.39 is 0 Å². The molecular weight excluding hydrogens is 216 g/mol. The summed E-state index contributed by atoms with van der Waals surface area (Å²) in [6, 6.07) is 2.01. The van der Waals surface area contributed by atoms with Crippen LogP contribution in [-0.2, 0) is 11.3 Å². The van der Waals surface area contributed by atoms with Gasteiger partial charge >= 0.3 is 0 Å². The fourth-order valence-electron chi connectivity index (χ4n) is 2.54. The number of aromatic nitrogens is 2. The SMILES string of the molecule is CC1CCCN(C(=O)Cn2cccn2)C1CN. The maximum absolute atomic E-state index is 12.2. The van der Waals surface area contributed by atoms with Gasteiger partial charge in [0.15, 0.2) is 0 Å². The second kappa shape index (κ2) is 5.31. The predicted molar refractivity (Wildman–Crippen MR) is 65.2 cm³/mol. The fraction of sp³-hybridized carbons (Fsp3) is 0.667. The van der Waals surface area contributed by atoms with Crippen molar-refractivity contribution >= 4 is 5.91 Å². The van der Waals surface area contributed by atoms with Crippen LogP contribution in [-0.4, -0.2) is 39.7 Å². The first-order valence-electron chi connectivity index (χ1n) is 6.19. The van der Waals surface area contributed by atoms with Crippen LogP contribution in [0, 0.1) is 5.92 Å². The van der Waals surface area contributed by atoms with Gasteiger partial charge in [-0.2, -0.15) is 5.10 Å². The summed E-state index contributed by atoms with van der Waals surface area (Å²) in [7, 11) is 0. The average molecular weight is 236 g/mol. The van der Waals surface area contributed by atoms with Crippen molar-refractivity contribution in [3.8, 4) is 0 Å². The van der Waals surface area contributed by atoms with Gasteiger partial charge in [-0.05, 0) is 24.8 Å². The number of hydrogen-bond acceptors (Lipinski definition) is 3. The Morgan fingerprint density at radius 3 is 3.06 bits per heavy atom. The Labute approximate surface area is 102 Å². The number of piperidine rings is 1. The molecule has 5 heteroatoms. The molecule has 2 heterocycles. The molecule has 94 valence electrons. The molecule has 1 aromatic heterocycles. The topological polar surface area (TPSA) is 64.2 Å². The maximum atomic E-state index is 12.2. The van der Waals surface area contributed by atoms with E-state index in [9.17, 15) is 4.79 Å². The molecule has 0 bridgehead atoms. The van der Waals surface area contributed by atoms with Crippen molar-refractivity contribution in [2.24, 2.45) is 11.7 Å². The molecule has 1 aromatic rings. The first-order valence-corrected chi connectivity index (χ1v) is 6.19. The third kappa shape index (κ3) is 2.66. The summed E-state index contributed by atoms with van der Waals surface area (Å²) in [5, 5.41) is 4.06. The Kier molecular flexibility index (Phi) is 3.78. The Morgan fingerprint density at radius 1 is 1.59 bits per heavy atom. The quantitative estimate of drug-likeness (QED) is 0.829. The lowest BCUT2D eigenvalue weighted by atomic mass is 9.91. The van der Waals surface area contributed by atoms with E-state index in [1.807, 2.05) is 17.2 Å². The van der Waals surface area contributed by atoms with E-state index in [0.717, 1.165) is 19.4 Å². The Morgan fingerprint density at radius 2 is 2.41 bits per heavy atom. The van der Waals surface area contributed by atoms with Gasteiger partial charge < -0.3 is 10.6 Å². The number of hydrogen-bond donors (Lipinski definition) is 1. The second-order valence-electron chi connectivity index (χ2n) is 4.71. The van der Waals surface area contributed by atoms with Gasteiger partial charge in [-0.25, -0.2) is 0 Å². The van der Waals surface area contributed by atoms with Crippen LogP contribution in [0.1, 0.15) is 19.8 Å². The van der Waals surface area contributed by atoms with Crippen LogP contribution >= 0.6 is 0 Å². The summed E-state index contributed by atoms with van der Waals surface area (Å²) in [4.78, 5) is 14.1. The molecule has 1 aliphatic heterocycles. The number of nitrogens with two attached hydrogens (primary N) is 1. The fourth-order valence-corrected chi connectivity index (χ4v) is 2.54. The van der Waals surface area contributed by atoms with Crippen LogP contribution < -0.4 is 5.73 Å². The number of nitrogens with zero attached hydrogens (tertiary/aromatic N) is 3. The highest BCUT2D eigenvalue weighted by Crippen LogP contribution is 2.22. The predicted octanol–water partition coefficient (Wildman–Crippen LogP) is 0.469. The third-order valence-corrected chi connectivity index (χ3v) is 3.53. The second-order valence-corrected chi connectivity index (χ2v) is 4.71. The lowest BCUT2D eigenvalue weighted by Gasteiger charge is -2.39. The molecular formula is C12H20N4O. The van der Waals surface area contributed by atoms with Gasteiger partial charge in [0.25, 0.3) is 0 Å². The molecule has 2 atom stereocenters. The standard InChI is InChI=1S/C12H20N4O/c1-10-4-2-7-16(11(10)8-13)12(17)9-15-6-3-5-14-15/h3,5-6,10-11H,2,4,7-9,13H2,1H3. The van der Waals surface area contributed by atoms with E-state index in [2.05, 4.69) is 12.0 Å². The number of carbonyl (C=O) groups excluding carboxylic acids is 1. The van der Waals surface area contributed by atoms with Crippen molar-refractivity contribution in [2.75, 3.05) is 13.1 Å². The zero-order chi connectivity index (χ0) is 12.3. The number of likely N-dealkylation sites (tertiary alicyclic amines) is 1. The van der Waals surface area contributed by atoms with Crippen molar-refractivity contribution in [3.63, 3.8) is 0 Å². The Hall–Kier alpha value is -1.36. The summed E-state index contributed by atoms with van der Waals surface area (Å²) in [5.74, 6) is 0.617. The van der Waals surface area contributed by atoms with Crippen molar-refractivity contribution in [1.82, 2.24) is 14.7 Å². The van der Waals surface area contributed by atoms with E-state index in [4.69, 9.17) is 5.73 Å². The largest absolute Gasteiger partial charge is 0.337 e. The van der Waals surface area contributed by atoms with Crippen molar-refractivity contribution < 1.29 is 4.79 Å². The summed E-state index contributed by atoms with van der Waals surface area (Å²) in [5.41, 5.74) is 5.78. The molecule has 0 spiro atoms. The van der Waals surface area contributed by atoms with Crippen LogP contribution in [0.3, 0.4) is 0 Å². The van der Waals surface area contributed by atoms with Crippen molar-refractivity contribution in [2.45, 2.75) is 32.4 Å². The lowest BCUT2D eigenvalue weighted by molar-refractivity contribution is -0.136. The van der Waals surface area contributed by atoms with E-state index >= 15 is 0 Å². The van der Waals surface area contributed by atoms with Gasteiger partial charge in [-0.1, -0.05) is 6.92 Å². The summed E-state index contributed by atoms with van der Waals surface area (Å²) in [6.07, 6.45) is 5.73. The van der Waals surface area contributed by atoms with E-state index in [0.29, 0.717) is 19.0 Å². The first kappa shape index (κ1) is 12.1. The molecule has 1 aliphatic rings. The van der Waals surface area contributed by atoms with Gasteiger partial charge in [0.1, 0.15) is 6.54 Å². The highest BCUT2D eigenvalue weighted by molar-refractivity contribution is 5.76. The molecule has 1 saturated heterocycles. The van der Waals surface area contributed by atoms with E-state index in [1.54, 1.807) is 10.9 Å². The number of rotatable bonds is 3. The van der Waals surface area contributed by atoms with Crippen molar-refractivity contribution in [1.29, 1.82) is 0 Å². The molecule has 2 N–H and O–H groups in total. The molecule has 0 radical (unpaired) electrons.